The highest BCUT2D eigenvalue weighted by molar-refractivity contribution is 6.09. The standard InChI is InChI=1S/C18H14F3NO3/c1-10-17(11(2)23)15-7-6-14(25-18(19,20)21)9-16(15)22(10)12-4-3-5-13(24)8-12/h3-9,24H,1-2H3. The highest BCUT2D eigenvalue weighted by Crippen LogP contribution is 2.34. The lowest BCUT2D eigenvalue weighted by Crippen LogP contribution is -2.17. The van der Waals surface area contributed by atoms with E-state index in [1.54, 1.807) is 23.6 Å². The van der Waals surface area contributed by atoms with Crippen LogP contribution in [0.25, 0.3) is 16.6 Å². The Balaban J connectivity index is 2.31. The summed E-state index contributed by atoms with van der Waals surface area (Å²) in [4.78, 5) is 12.0. The molecule has 130 valence electrons. The summed E-state index contributed by atoms with van der Waals surface area (Å²) in [5.74, 6) is -0.578. The van der Waals surface area contributed by atoms with Crippen molar-refractivity contribution in [2.24, 2.45) is 0 Å². The Morgan fingerprint density at radius 2 is 1.88 bits per heavy atom. The Morgan fingerprint density at radius 1 is 1.16 bits per heavy atom. The van der Waals surface area contributed by atoms with Crippen molar-refractivity contribution in [2.75, 3.05) is 0 Å². The average molecular weight is 349 g/mol. The lowest BCUT2D eigenvalue weighted by Gasteiger charge is -2.11. The minimum absolute atomic E-state index is 0.00539. The molecule has 2 aromatic carbocycles. The summed E-state index contributed by atoms with van der Waals surface area (Å²) in [7, 11) is 0. The molecular weight excluding hydrogens is 335 g/mol. The molecule has 3 aromatic rings. The minimum atomic E-state index is -4.81. The minimum Gasteiger partial charge on any atom is -0.508 e. The van der Waals surface area contributed by atoms with Crippen LogP contribution in [0, 0.1) is 6.92 Å². The largest absolute Gasteiger partial charge is 0.573 e. The van der Waals surface area contributed by atoms with Crippen LogP contribution in [0.3, 0.4) is 0 Å². The number of fused-ring (bicyclic) bond motifs is 1. The Labute approximate surface area is 141 Å². The molecule has 1 N–H and O–H groups in total. The maximum absolute atomic E-state index is 12.5. The van der Waals surface area contributed by atoms with Crippen molar-refractivity contribution in [1.29, 1.82) is 0 Å². The van der Waals surface area contributed by atoms with Crippen molar-refractivity contribution in [1.82, 2.24) is 4.57 Å². The summed E-state index contributed by atoms with van der Waals surface area (Å²) >= 11 is 0. The molecule has 0 aliphatic rings. The lowest BCUT2D eigenvalue weighted by atomic mass is 10.1. The topological polar surface area (TPSA) is 51.5 Å². The number of hydrogen-bond donors (Lipinski definition) is 1. The Morgan fingerprint density at radius 3 is 2.48 bits per heavy atom. The van der Waals surface area contributed by atoms with E-state index in [1.807, 2.05) is 0 Å². The van der Waals surface area contributed by atoms with Gasteiger partial charge in [0, 0.05) is 34.5 Å². The van der Waals surface area contributed by atoms with E-state index in [9.17, 15) is 23.1 Å². The fourth-order valence-electron chi connectivity index (χ4n) is 3.00. The second kappa shape index (κ2) is 5.84. The first-order valence-electron chi connectivity index (χ1n) is 7.38. The Kier molecular flexibility index (Phi) is 3.94. The summed E-state index contributed by atoms with van der Waals surface area (Å²) in [5.41, 5.74) is 1.89. The number of ketones is 1. The first-order valence-corrected chi connectivity index (χ1v) is 7.38. The molecule has 3 rings (SSSR count). The fraction of sp³-hybridized carbons (Fsp3) is 0.167. The maximum atomic E-state index is 12.5. The number of aromatic nitrogens is 1. The Hall–Kier alpha value is -2.96. The number of rotatable bonds is 3. The van der Waals surface area contributed by atoms with Crippen LogP contribution < -0.4 is 4.74 Å². The molecule has 4 nitrogen and oxygen atoms in total. The van der Waals surface area contributed by atoms with Gasteiger partial charge in [0.1, 0.15) is 11.5 Å². The SMILES string of the molecule is CC(=O)c1c(C)n(-c2cccc(O)c2)c2cc(OC(F)(F)F)ccc12. The van der Waals surface area contributed by atoms with E-state index in [0.717, 1.165) is 0 Å². The van der Waals surface area contributed by atoms with Crippen molar-refractivity contribution in [3.8, 4) is 17.2 Å². The van der Waals surface area contributed by atoms with Crippen molar-refractivity contribution in [3.05, 3.63) is 53.7 Å². The third kappa shape index (κ3) is 3.17. The molecule has 0 aliphatic heterocycles. The fourth-order valence-corrected chi connectivity index (χ4v) is 3.00. The number of phenols is 1. The maximum Gasteiger partial charge on any atom is 0.573 e. The number of benzene rings is 2. The summed E-state index contributed by atoms with van der Waals surface area (Å²) in [5, 5.41) is 10.2. The van der Waals surface area contributed by atoms with Crippen molar-refractivity contribution in [3.63, 3.8) is 0 Å². The zero-order chi connectivity index (χ0) is 18.4. The van der Waals surface area contributed by atoms with E-state index in [2.05, 4.69) is 4.74 Å². The third-order valence-electron chi connectivity index (χ3n) is 3.85. The molecule has 0 spiro atoms. The Bertz CT molecular complexity index is 974. The van der Waals surface area contributed by atoms with Crippen LogP contribution in [0.4, 0.5) is 13.2 Å². The molecular formula is C18H14F3NO3. The number of ether oxygens (including phenoxy) is 1. The molecule has 0 fully saturated rings. The number of carbonyl (C=O) groups excluding carboxylic acids is 1. The number of alkyl halides is 3. The van der Waals surface area contributed by atoms with Gasteiger partial charge in [-0.2, -0.15) is 0 Å². The van der Waals surface area contributed by atoms with Crippen LogP contribution in [0.1, 0.15) is 23.0 Å². The highest BCUT2D eigenvalue weighted by atomic mass is 19.4. The molecule has 1 aromatic heterocycles. The van der Waals surface area contributed by atoms with E-state index in [1.165, 1.54) is 37.3 Å². The molecule has 25 heavy (non-hydrogen) atoms. The monoisotopic (exact) mass is 349 g/mol. The van der Waals surface area contributed by atoms with Crippen molar-refractivity contribution in [2.45, 2.75) is 20.2 Å². The van der Waals surface area contributed by atoms with Gasteiger partial charge in [0.05, 0.1) is 5.52 Å². The quantitative estimate of drug-likeness (QED) is 0.695. The van der Waals surface area contributed by atoms with Gasteiger partial charge in [-0.1, -0.05) is 6.07 Å². The van der Waals surface area contributed by atoms with Gasteiger partial charge in [0.25, 0.3) is 0 Å². The van der Waals surface area contributed by atoms with Gasteiger partial charge in [-0.3, -0.25) is 4.79 Å². The number of halogens is 3. The molecule has 0 aliphatic carbocycles. The van der Waals surface area contributed by atoms with Gasteiger partial charge < -0.3 is 14.4 Å². The van der Waals surface area contributed by atoms with E-state index < -0.39 is 6.36 Å². The van der Waals surface area contributed by atoms with Crippen molar-refractivity contribution < 1.29 is 27.8 Å². The second-order valence-corrected chi connectivity index (χ2v) is 5.60. The predicted octanol–water partition coefficient (Wildman–Crippen LogP) is 4.75. The van der Waals surface area contributed by atoms with Gasteiger partial charge >= 0.3 is 6.36 Å². The normalized spacial score (nSPS) is 11.7. The number of aromatic hydroxyl groups is 1. The summed E-state index contributed by atoms with van der Waals surface area (Å²) in [6, 6.07) is 10.1. The van der Waals surface area contributed by atoms with Gasteiger partial charge in [-0.25, -0.2) is 0 Å². The van der Waals surface area contributed by atoms with Crippen LogP contribution in [0.5, 0.6) is 11.5 Å². The van der Waals surface area contributed by atoms with E-state index >= 15 is 0 Å². The van der Waals surface area contributed by atoms with Crippen LogP contribution in [-0.4, -0.2) is 21.8 Å². The number of nitrogens with zero attached hydrogens (tertiary/aromatic N) is 1. The number of hydrogen-bond acceptors (Lipinski definition) is 3. The molecule has 0 amide bonds. The van der Waals surface area contributed by atoms with Crippen LogP contribution in [-0.2, 0) is 0 Å². The van der Waals surface area contributed by atoms with E-state index in [0.29, 0.717) is 27.8 Å². The second-order valence-electron chi connectivity index (χ2n) is 5.60. The highest BCUT2D eigenvalue weighted by Gasteiger charge is 2.31. The molecule has 0 unspecified atom stereocenters. The van der Waals surface area contributed by atoms with Crippen molar-refractivity contribution >= 4 is 16.7 Å². The first-order chi connectivity index (χ1) is 11.7. The van der Waals surface area contributed by atoms with Crippen LogP contribution >= 0.6 is 0 Å². The molecule has 0 atom stereocenters. The zero-order valence-electron chi connectivity index (χ0n) is 13.4. The third-order valence-corrected chi connectivity index (χ3v) is 3.85. The number of Topliss-reactive ketones (excluding diaryl/α,β-unsaturated/α-hetero) is 1. The molecule has 0 saturated heterocycles. The number of phenolic OH excluding ortho intramolecular Hbond substituents is 1. The molecule has 7 heteroatoms. The summed E-state index contributed by atoms with van der Waals surface area (Å²) < 4.78 is 43.1. The van der Waals surface area contributed by atoms with Crippen LogP contribution in [0.15, 0.2) is 42.5 Å². The van der Waals surface area contributed by atoms with Gasteiger partial charge in [-0.15, -0.1) is 13.2 Å². The van der Waals surface area contributed by atoms with E-state index in [4.69, 9.17) is 0 Å². The zero-order valence-corrected chi connectivity index (χ0v) is 13.4. The summed E-state index contributed by atoms with van der Waals surface area (Å²) in [6.45, 7) is 3.10. The summed E-state index contributed by atoms with van der Waals surface area (Å²) in [6.07, 6.45) is -4.81. The smallest absolute Gasteiger partial charge is 0.508 e. The molecule has 0 saturated carbocycles. The molecule has 1 heterocycles. The average Bonchev–Trinajstić information content (AvgIpc) is 2.77. The number of carbonyl (C=O) groups is 1. The lowest BCUT2D eigenvalue weighted by molar-refractivity contribution is -0.274. The van der Waals surface area contributed by atoms with Gasteiger partial charge in [-0.05, 0) is 38.1 Å². The van der Waals surface area contributed by atoms with Gasteiger partial charge in [0.15, 0.2) is 5.78 Å². The molecule has 0 radical (unpaired) electrons. The predicted molar refractivity (Wildman–Crippen MR) is 86.4 cm³/mol. The van der Waals surface area contributed by atoms with Crippen LogP contribution in [0.2, 0.25) is 0 Å². The van der Waals surface area contributed by atoms with Gasteiger partial charge in [0.2, 0.25) is 0 Å². The first kappa shape index (κ1) is 16.9. The molecule has 0 bridgehead atoms. The van der Waals surface area contributed by atoms with E-state index in [-0.39, 0.29) is 17.3 Å².